The largest absolute Gasteiger partial charge is 0.371 e. The lowest BCUT2D eigenvalue weighted by Crippen LogP contribution is -2.56. The Morgan fingerprint density at radius 1 is 1.15 bits per heavy atom. The molecule has 27 heavy (non-hydrogen) atoms. The summed E-state index contributed by atoms with van der Waals surface area (Å²) in [5.74, 6) is -0.344. The van der Waals surface area contributed by atoms with Gasteiger partial charge in [0.2, 0.25) is 5.91 Å². The molecule has 144 valence electrons. The Labute approximate surface area is 162 Å². The third-order valence-corrected chi connectivity index (χ3v) is 5.44. The summed E-state index contributed by atoms with van der Waals surface area (Å²) in [7, 11) is 0. The molecule has 0 saturated heterocycles. The lowest BCUT2D eigenvalue weighted by Gasteiger charge is -2.45. The first-order valence-electron chi connectivity index (χ1n) is 9.77. The van der Waals surface area contributed by atoms with E-state index in [0.29, 0.717) is 6.61 Å². The average Bonchev–Trinajstić information content (AvgIpc) is 2.65. The van der Waals surface area contributed by atoms with Gasteiger partial charge in [-0.3, -0.25) is 10.1 Å². The molecule has 0 heterocycles. The first-order valence-corrected chi connectivity index (χ1v) is 9.77. The fraction of sp³-hybridized carbons (Fsp3) is 0.435. The van der Waals surface area contributed by atoms with E-state index in [1.807, 2.05) is 18.2 Å². The standard InChI is InChI=1S/C23H30N2O2/c1-17-12-18(2)14-19(13-17)16-27-21-10-6-7-11-23(21,25-15-22(24)26)20-8-4-3-5-9-20/h3-5,8-9,12-14,21,25H,6-7,10-11,15-16H2,1-2H3,(H2,24,26). The SMILES string of the molecule is Cc1cc(C)cc(COC2CCCCC2(NCC(N)=O)c2ccccc2)c1. The van der Waals surface area contributed by atoms with E-state index < -0.39 is 0 Å². The molecule has 2 atom stereocenters. The molecule has 0 radical (unpaired) electrons. The van der Waals surface area contributed by atoms with Crippen LogP contribution in [-0.2, 0) is 21.7 Å². The highest BCUT2D eigenvalue weighted by Gasteiger charge is 2.42. The highest BCUT2D eigenvalue weighted by Crippen LogP contribution is 2.39. The van der Waals surface area contributed by atoms with Gasteiger partial charge >= 0.3 is 0 Å². The van der Waals surface area contributed by atoms with E-state index in [1.54, 1.807) is 0 Å². The van der Waals surface area contributed by atoms with Crippen LogP contribution < -0.4 is 11.1 Å². The van der Waals surface area contributed by atoms with Crippen molar-refractivity contribution in [2.75, 3.05) is 6.54 Å². The maximum atomic E-state index is 11.5. The van der Waals surface area contributed by atoms with Crippen molar-refractivity contribution in [3.63, 3.8) is 0 Å². The molecule has 2 aromatic carbocycles. The van der Waals surface area contributed by atoms with E-state index >= 15 is 0 Å². The predicted octanol–water partition coefficient (Wildman–Crippen LogP) is 3.73. The van der Waals surface area contributed by atoms with Crippen molar-refractivity contribution in [1.82, 2.24) is 5.32 Å². The van der Waals surface area contributed by atoms with Crippen molar-refractivity contribution in [3.05, 3.63) is 70.8 Å². The maximum Gasteiger partial charge on any atom is 0.231 e. The predicted molar refractivity (Wildman–Crippen MR) is 108 cm³/mol. The quantitative estimate of drug-likeness (QED) is 0.785. The third kappa shape index (κ3) is 4.76. The molecule has 3 N–H and O–H groups in total. The van der Waals surface area contributed by atoms with E-state index in [0.717, 1.165) is 31.2 Å². The van der Waals surface area contributed by atoms with Crippen molar-refractivity contribution in [2.45, 2.75) is 57.8 Å². The zero-order valence-electron chi connectivity index (χ0n) is 16.3. The zero-order chi connectivity index (χ0) is 19.3. The molecule has 3 rings (SSSR count). The van der Waals surface area contributed by atoms with Crippen molar-refractivity contribution < 1.29 is 9.53 Å². The van der Waals surface area contributed by atoms with Gasteiger partial charge in [0, 0.05) is 0 Å². The van der Waals surface area contributed by atoms with E-state index in [1.165, 1.54) is 16.7 Å². The molecule has 4 heteroatoms. The maximum absolute atomic E-state index is 11.5. The number of rotatable bonds is 7. The van der Waals surface area contributed by atoms with Gasteiger partial charge in [0.05, 0.1) is 24.8 Å². The molecule has 2 aromatic rings. The first-order chi connectivity index (χ1) is 13.0. The summed E-state index contributed by atoms with van der Waals surface area (Å²) in [4.78, 5) is 11.5. The molecule has 0 spiro atoms. The minimum Gasteiger partial charge on any atom is -0.371 e. The average molecular weight is 367 g/mol. The number of benzene rings is 2. The van der Waals surface area contributed by atoms with Gasteiger partial charge in [0.15, 0.2) is 0 Å². The molecule has 0 bridgehead atoms. The summed E-state index contributed by atoms with van der Waals surface area (Å²) in [6.45, 7) is 4.94. The number of nitrogens with two attached hydrogens (primary N) is 1. The fourth-order valence-electron chi connectivity index (χ4n) is 4.33. The fourth-order valence-corrected chi connectivity index (χ4v) is 4.33. The van der Waals surface area contributed by atoms with Gasteiger partial charge in [-0.2, -0.15) is 0 Å². The Morgan fingerprint density at radius 3 is 2.52 bits per heavy atom. The van der Waals surface area contributed by atoms with Crippen LogP contribution in [0.4, 0.5) is 0 Å². The number of hydrogen-bond acceptors (Lipinski definition) is 3. The van der Waals surface area contributed by atoms with Crippen LogP contribution in [0.1, 0.15) is 47.9 Å². The van der Waals surface area contributed by atoms with Gasteiger partial charge in [-0.1, -0.05) is 72.5 Å². The van der Waals surface area contributed by atoms with Crippen LogP contribution >= 0.6 is 0 Å². The van der Waals surface area contributed by atoms with Crippen LogP contribution in [0.3, 0.4) is 0 Å². The minimum absolute atomic E-state index is 0.00572. The molecule has 1 saturated carbocycles. The second-order valence-electron chi connectivity index (χ2n) is 7.70. The summed E-state index contributed by atoms with van der Waals surface area (Å²) in [6.07, 6.45) is 4.12. The number of primary amides is 1. The molecule has 1 aliphatic rings. The number of amides is 1. The van der Waals surface area contributed by atoms with Crippen LogP contribution in [0.2, 0.25) is 0 Å². The van der Waals surface area contributed by atoms with Crippen molar-refractivity contribution >= 4 is 5.91 Å². The van der Waals surface area contributed by atoms with E-state index in [2.05, 4.69) is 49.5 Å². The smallest absolute Gasteiger partial charge is 0.231 e. The summed E-state index contributed by atoms with van der Waals surface area (Å²) in [6, 6.07) is 16.9. The second-order valence-corrected chi connectivity index (χ2v) is 7.70. The zero-order valence-corrected chi connectivity index (χ0v) is 16.3. The van der Waals surface area contributed by atoms with Crippen LogP contribution in [0.15, 0.2) is 48.5 Å². The molecule has 1 amide bonds. The van der Waals surface area contributed by atoms with Crippen molar-refractivity contribution in [2.24, 2.45) is 5.73 Å². The molecular formula is C23H30N2O2. The van der Waals surface area contributed by atoms with E-state index in [9.17, 15) is 4.79 Å². The Bertz CT molecular complexity index is 755. The molecule has 2 unspecified atom stereocenters. The summed E-state index contributed by atoms with van der Waals surface area (Å²) >= 11 is 0. The number of ether oxygens (including phenoxy) is 1. The molecule has 4 nitrogen and oxygen atoms in total. The first kappa shape index (κ1) is 19.6. The van der Waals surface area contributed by atoms with Gasteiger partial charge in [0.1, 0.15) is 0 Å². The highest BCUT2D eigenvalue weighted by atomic mass is 16.5. The van der Waals surface area contributed by atoms with Gasteiger partial charge in [0.25, 0.3) is 0 Å². The third-order valence-electron chi connectivity index (χ3n) is 5.44. The number of carbonyl (C=O) groups excluding carboxylic acids is 1. The Hall–Kier alpha value is -2.17. The number of hydrogen-bond donors (Lipinski definition) is 2. The summed E-state index contributed by atoms with van der Waals surface area (Å²) in [5, 5.41) is 3.46. The minimum atomic E-state index is -0.382. The van der Waals surface area contributed by atoms with Gasteiger partial charge in [-0.05, 0) is 37.8 Å². The molecular weight excluding hydrogens is 336 g/mol. The Morgan fingerprint density at radius 2 is 1.85 bits per heavy atom. The summed E-state index contributed by atoms with van der Waals surface area (Å²) in [5.41, 5.74) is 9.92. The van der Waals surface area contributed by atoms with Crippen LogP contribution in [-0.4, -0.2) is 18.6 Å². The van der Waals surface area contributed by atoms with Crippen LogP contribution in [0, 0.1) is 13.8 Å². The number of nitrogens with one attached hydrogen (secondary N) is 1. The van der Waals surface area contributed by atoms with Crippen LogP contribution in [0.5, 0.6) is 0 Å². The highest BCUT2D eigenvalue weighted by molar-refractivity contribution is 5.76. The lowest BCUT2D eigenvalue weighted by molar-refractivity contribution is -0.118. The van der Waals surface area contributed by atoms with Gasteiger partial charge in [-0.25, -0.2) is 0 Å². The van der Waals surface area contributed by atoms with Gasteiger partial charge in [-0.15, -0.1) is 0 Å². The van der Waals surface area contributed by atoms with Crippen LogP contribution in [0.25, 0.3) is 0 Å². The monoisotopic (exact) mass is 366 g/mol. The lowest BCUT2D eigenvalue weighted by atomic mass is 9.74. The van der Waals surface area contributed by atoms with Crippen molar-refractivity contribution in [3.8, 4) is 0 Å². The summed E-state index contributed by atoms with van der Waals surface area (Å²) < 4.78 is 6.47. The Balaban J connectivity index is 1.86. The van der Waals surface area contributed by atoms with E-state index in [4.69, 9.17) is 10.5 Å². The Kier molecular flexibility index (Phi) is 6.30. The molecule has 0 aromatic heterocycles. The molecule has 0 aliphatic heterocycles. The van der Waals surface area contributed by atoms with Gasteiger partial charge < -0.3 is 10.5 Å². The van der Waals surface area contributed by atoms with E-state index in [-0.39, 0.29) is 24.1 Å². The second kappa shape index (κ2) is 8.68. The number of carbonyl (C=O) groups is 1. The molecule has 1 aliphatic carbocycles. The normalized spacial score (nSPS) is 22.5. The topological polar surface area (TPSA) is 64.3 Å². The molecule has 1 fully saturated rings. The van der Waals surface area contributed by atoms with Crippen molar-refractivity contribution in [1.29, 1.82) is 0 Å². The number of aryl methyl sites for hydroxylation is 2.